The average molecular weight is 359 g/mol. The van der Waals surface area contributed by atoms with Gasteiger partial charge in [0, 0.05) is 44.1 Å². The standard InChI is InChI=1S/C19H25N3O4/c1-26-11-3-9-20-17(23)18(24)21-15-8-7-13-4-2-10-22(16(13)12-15)19(25)14-5-6-14/h7-8,12,14H,2-6,9-11H2,1H3,(H,20,23)(H,21,24). The smallest absolute Gasteiger partial charge is 0.313 e. The van der Waals surface area contributed by atoms with Crippen molar-refractivity contribution in [2.24, 2.45) is 5.92 Å². The first kappa shape index (κ1) is 18.4. The molecule has 0 aromatic heterocycles. The van der Waals surface area contributed by atoms with E-state index < -0.39 is 11.8 Å². The summed E-state index contributed by atoms with van der Waals surface area (Å²) in [5, 5.41) is 5.17. The highest BCUT2D eigenvalue weighted by Crippen LogP contribution is 2.36. The Morgan fingerprint density at radius 1 is 1.23 bits per heavy atom. The van der Waals surface area contributed by atoms with Crippen molar-refractivity contribution in [1.29, 1.82) is 0 Å². The molecule has 2 aliphatic rings. The molecule has 0 radical (unpaired) electrons. The molecule has 3 amide bonds. The first-order valence-electron chi connectivity index (χ1n) is 9.12. The molecular formula is C19H25N3O4. The van der Waals surface area contributed by atoms with Gasteiger partial charge in [0.25, 0.3) is 0 Å². The number of carbonyl (C=O) groups excluding carboxylic acids is 3. The van der Waals surface area contributed by atoms with Gasteiger partial charge in [-0.1, -0.05) is 6.07 Å². The molecule has 0 unspecified atom stereocenters. The quantitative estimate of drug-likeness (QED) is 0.595. The summed E-state index contributed by atoms with van der Waals surface area (Å²) < 4.78 is 4.90. The van der Waals surface area contributed by atoms with Gasteiger partial charge in [-0.25, -0.2) is 0 Å². The number of rotatable bonds is 6. The van der Waals surface area contributed by atoms with E-state index in [1.807, 2.05) is 11.0 Å². The van der Waals surface area contributed by atoms with Gasteiger partial charge < -0.3 is 20.3 Å². The SMILES string of the molecule is COCCCNC(=O)C(=O)Nc1ccc2c(c1)N(C(=O)C1CC1)CCC2. The molecule has 0 bridgehead atoms. The van der Waals surface area contributed by atoms with E-state index in [1.54, 1.807) is 19.2 Å². The van der Waals surface area contributed by atoms with Gasteiger partial charge in [0.15, 0.2) is 0 Å². The van der Waals surface area contributed by atoms with Crippen LogP contribution in [-0.4, -0.2) is 44.5 Å². The second-order valence-corrected chi connectivity index (χ2v) is 6.77. The number of fused-ring (bicyclic) bond motifs is 1. The second-order valence-electron chi connectivity index (χ2n) is 6.77. The van der Waals surface area contributed by atoms with E-state index in [1.165, 1.54) is 0 Å². The number of benzene rings is 1. The number of nitrogens with zero attached hydrogens (tertiary/aromatic N) is 1. The topological polar surface area (TPSA) is 87.7 Å². The van der Waals surface area contributed by atoms with E-state index in [0.717, 1.165) is 36.9 Å². The van der Waals surface area contributed by atoms with Gasteiger partial charge in [0.05, 0.1) is 0 Å². The lowest BCUT2D eigenvalue weighted by Crippen LogP contribution is -2.37. The first-order valence-corrected chi connectivity index (χ1v) is 9.12. The van der Waals surface area contributed by atoms with Gasteiger partial charge in [-0.3, -0.25) is 14.4 Å². The molecule has 1 saturated carbocycles. The summed E-state index contributed by atoms with van der Waals surface area (Å²) in [4.78, 5) is 38.2. The molecule has 0 atom stereocenters. The number of ether oxygens (including phenoxy) is 1. The highest BCUT2D eigenvalue weighted by Gasteiger charge is 2.35. The zero-order chi connectivity index (χ0) is 18.5. The third-order valence-corrected chi connectivity index (χ3v) is 4.67. The normalized spacial score (nSPS) is 16.0. The Morgan fingerprint density at radius 2 is 2.04 bits per heavy atom. The van der Waals surface area contributed by atoms with Crippen LogP contribution in [0.2, 0.25) is 0 Å². The number of anilines is 2. The van der Waals surface area contributed by atoms with Crippen LogP contribution in [-0.2, 0) is 25.5 Å². The fraction of sp³-hybridized carbons (Fsp3) is 0.526. The Hall–Kier alpha value is -2.41. The predicted molar refractivity (Wildman–Crippen MR) is 98.0 cm³/mol. The maximum absolute atomic E-state index is 12.5. The Balaban J connectivity index is 1.64. The lowest BCUT2D eigenvalue weighted by molar-refractivity contribution is -0.136. The summed E-state index contributed by atoms with van der Waals surface area (Å²) in [6.45, 7) is 1.62. The number of carbonyl (C=O) groups is 3. The Kier molecular flexibility index (Phi) is 5.88. The van der Waals surface area contributed by atoms with E-state index >= 15 is 0 Å². The van der Waals surface area contributed by atoms with Gasteiger partial charge in [-0.05, 0) is 49.8 Å². The molecule has 1 aromatic carbocycles. The number of nitrogens with one attached hydrogen (secondary N) is 2. The van der Waals surface area contributed by atoms with Crippen molar-refractivity contribution >= 4 is 29.1 Å². The summed E-state index contributed by atoms with van der Waals surface area (Å²) >= 11 is 0. The van der Waals surface area contributed by atoms with Crippen molar-refractivity contribution in [1.82, 2.24) is 5.32 Å². The summed E-state index contributed by atoms with van der Waals surface area (Å²) in [5.41, 5.74) is 2.48. The predicted octanol–water partition coefficient (Wildman–Crippen LogP) is 1.47. The summed E-state index contributed by atoms with van der Waals surface area (Å²) in [7, 11) is 1.59. The van der Waals surface area contributed by atoms with E-state index in [0.29, 0.717) is 31.8 Å². The van der Waals surface area contributed by atoms with Crippen LogP contribution >= 0.6 is 0 Å². The third kappa shape index (κ3) is 4.40. The lowest BCUT2D eigenvalue weighted by Gasteiger charge is -2.30. The first-order chi connectivity index (χ1) is 12.6. The highest BCUT2D eigenvalue weighted by atomic mass is 16.5. The largest absolute Gasteiger partial charge is 0.385 e. The second kappa shape index (κ2) is 8.31. The van der Waals surface area contributed by atoms with Crippen LogP contribution in [0, 0.1) is 5.92 Å². The van der Waals surface area contributed by atoms with Crippen LogP contribution in [0.25, 0.3) is 0 Å². The maximum atomic E-state index is 12.5. The molecule has 0 spiro atoms. The van der Waals surface area contributed by atoms with Gasteiger partial charge in [0.2, 0.25) is 5.91 Å². The minimum absolute atomic E-state index is 0.150. The maximum Gasteiger partial charge on any atom is 0.313 e. The van der Waals surface area contributed by atoms with Crippen molar-refractivity contribution in [3.8, 4) is 0 Å². The van der Waals surface area contributed by atoms with Crippen molar-refractivity contribution in [3.05, 3.63) is 23.8 Å². The number of hydrogen-bond donors (Lipinski definition) is 2. The minimum Gasteiger partial charge on any atom is -0.385 e. The van der Waals surface area contributed by atoms with E-state index in [9.17, 15) is 14.4 Å². The monoisotopic (exact) mass is 359 g/mol. The number of methoxy groups -OCH3 is 1. The fourth-order valence-corrected chi connectivity index (χ4v) is 3.12. The van der Waals surface area contributed by atoms with E-state index in [2.05, 4.69) is 10.6 Å². The molecule has 1 aliphatic carbocycles. The summed E-state index contributed by atoms with van der Waals surface area (Å²) in [5.74, 6) is -1.06. The van der Waals surface area contributed by atoms with Crippen molar-refractivity contribution in [2.45, 2.75) is 32.1 Å². The lowest BCUT2D eigenvalue weighted by atomic mass is 10.0. The molecule has 1 aromatic rings. The molecule has 3 rings (SSSR count). The third-order valence-electron chi connectivity index (χ3n) is 4.67. The molecule has 26 heavy (non-hydrogen) atoms. The minimum atomic E-state index is -0.710. The zero-order valence-corrected chi connectivity index (χ0v) is 15.0. The number of amides is 3. The van der Waals surface area contributed by atoms with Crippen LogP contribution in [0.1, 0.15) is 31.2 Å². The van der Waals surface area contributed by atoms with Gasteiger partial charge in [0.1, 0.15) is 0 Å². The Labute approximate surface area is 153 Å². The Bertz CT molecular complexity index is 700. The molecule has 2 N–H and O–H groups in total. The molecule has 1 aliphatic heterocycles. The van der Waals surface area contributed by atoms with Crippen LogP contribution in [0.4, 0.5) is 11.4 Å². The highest BCUT2D eigenvalue weighted by molar-refractivity contribution is 6.39. The molecule has 7 heteroatoms. The molecule has 140 valence electrons. The van der Waals surface area contributed by atoms with Gasteiger partial charge in [-0.2, -0.15) is 0 Å². The van der Waals surface area contributed by atoms with Gasteiger partial charge in [-0.15, -0.1) is 0 Å². The number of hydrogen-bond acceptors (Lipinski definition) is 4. The average Bonchev–Trinajstić information content (AvgIpc) is 3.49. The van der Waals surface area contributed by atoms with Crippen molar-refractivity contribution < 1.29 is 19.1 Å². The molecule has 7 nitrogen and oxygen atoms in total. The molecular weight excluding hydrogens is 334 g/mol. The number of aryl methyl sites for hydroxylation is 1. The molecule has 0 saturated heterocycles. The van der Waals surface area contributed by atoms with Crippen LogP contribution in [0.15, 0.2) is 18.2 Å². The van der Waals surface area contributed by atoms with Crippen molar-refractivity contribution in [2.75, 3.05) is 37.0 Å². The zero-order valence-electron chi connectivity index (χ0n) is 15.0. The van der Waals surface area contributed by atoms with Crippen LogP contribution in [0.5, 0.6) is 0 Å². The van der Waals surface area contributed by atoms with E-state index in [4.69, 9.17) is 4.74 Å². The van der Waals surface area contributed by atoms with Crippen LogP contribution < -0.4 is 15.5 Å². The Morgan fingerprint density at radius 3 is 2.77 bits per heavy atom. The van der Waals surface area contributed by atoms with Gasteiger partial charge >= 0.3 is 11.8 Å². The molecule has 1 heterocycles. The summed E-state index contributed by atoms with van der Waals surface area (Å²) in [6, 6.07) is 5.50. The molecule has 1 fully saturated rings. The summed E-state index contributed by atoms with van der Waals surface area (Å²) in [6.07, 6.45) is 4.43. The van der Waals surface area contributed by atoms with Crippen LogP contribution in [0.3, 0.4) is 0 Å². The fourth-order valence-electron chi connectivity index (χ4n) is 3.12. The van der Waals surface area contributed by atoms with Crippen molar-refractivity contribution in [3.63, 3.8) is 0 Å². The van der Waals surface area contributed by atoms with E-state index in [-0.39, 0.29) is 11.8 Å².